The third-order valence-corrected chi connectivity index (χ3v) is 3.13. The summed E-state index contributed by atoms with van der Waals surface area (Å²) in [6, 6.07) is 7.16. The number of ether oxygens (including phenoxy) is 1. The molecule has 1 amide bonds. The summed E-state index contributed by atoms with van der Waals surface area (Å²) in [7, 11) is 1.24. The maximum absolute atomic E-state index is 11.9. The third kappa shape index (κ3) is 3.82. The summed E-state index contributed by atoms with van der Waals surface area (Å²) in [6.45, 7) is -0.0583. The van der Waals surface area contributed by atoms with Gasteiger partial charge in [0.25, 0.3) is 0 Å². The number of halogens is 1. The zero-order chi connectivity index (χ0) is 15.4. The molecule has 1 heterocycles. The molecule has 1 aromatic carbocycles. The minimum Gasteiger partial charge on any atom is -0.464 e. The number of nitrogen functional groups attached to an aromatic ring is 1. The Morgan fingerprint density at radius 1 is 1.38 bits per heavy atom. The first-order valence-electron chi connectivity index (χ1n) is 5.96. The van der Waals surface area contributed by atoms with Crippen LogP contribution in [0.5, 0.6) is 0 Å². The summed E-state index contributed by atoms with van der Waals surface area (Å²) in [4.78, 5) is 23.3. The highest BCUT2D eigenvalue weighted by atomic mass is 79.9. The molecule has 0 saturated carbocycles. The van der Waals surface area contributed by atoms with Gasteiger partial charge in [-0.2, -0.15) is 5.10 Å². The highest BCUT2D eigenvalue weighted by Crippen LogP contribution is 2.14. The molecule has 0 aliphatic heterocycles. The number of hydrogen-bond acceptors (Lipinski definition) is 5. The molecule has 0 fully saturated rings. The lowest BCUT2D eigenvalue weighted by atomic mass is 10.3. The molecule has 8 heteroatoms. The van der Waals surface area contributed by atoms with Gasteiger partial charge in [0.1, 0.15) is 6.54 Å². The second-order valence-electron chi connectivity index (χ2n) is 4.18. The lowest BCUT2D eigenvalue weighted by Gasteiger charge is -2.05. The Kier molecular flexibility index (Phi) is 4.59. The van der Waals surface area contributed by atoms with Crippen LogP contribution >= 0.6 is 15.9 Å². The summed E-state index contributed by atoms with van der Waals surface area (Å²) in [5.74, 6) is -0.921. The van der Waals surface area contributed by atoms with E-state index >= 15 is 0 Å². The molecular weight excluding hydrogens is 340 g/mol. The van der Waals surface area contributed by atoms with Crippen LogP contribution in [0.25, 0.3) is 0 Å². The number of nitrogens with two attached hydrogens (primary N) is 1. The quantitative estimate of drug-likeness (QED) is 0.815. The molecule has 0 aliphatic carbocycles. The van der Waals surface area contributed by atoms with Gasteiger partial charge in [-0.05, 0) is 24.3 Å². The predicted octanol–water partition coefficient (Wildman–Crippen LogP) is 1.65. The fourth-order valence-corrected chi connectivity index (χ4v) is 1.92. The summed E-state index contributed by atoms with van der Waals surface area (Å²) in [6.07, 6.45) is 1.41. The van der Waals surface area contributed by atoms with Crippen molar-refractivity contribution in [3.63, 3.8) is 0 Å². The highest BCUT2D eigenvalue weighted by Gasteiger charge is 2.16. The Balaban J connectivity index is 2.03. The van der Waals surface area contributed by atoms with Gasteiger partial charge in [-0.15, -0.1) is 0 Å². The van der Waals surface area contributed by atoms with Crippen LogP contribution in [0.4, 0.5) is 11.4 Å². The Morgan fingerprint density at radius 3 is 2.67 bits per heavy atom. The maximum Gasteiger partial charge on any atom is 0.360 e. The number of nitrogens with one attached hydrogen (secondary N) is 1. The molecule has 0 saturated heterocycles. The van der Waals surface area contributed by atoms with Crippen LogP contribution < -0.4 is 11.1 Å². The normalized spacial score (nSPS) is 10.2. The fourth-order valence-electron chi connectivity index (χ4n) is 1.65. The zero-order valence-electron chi connectivity index (χ0n) is 11.2. The zero-order valence-corrected chi connectivity index (χ0v) is 12.8. The second kappa shape index (κ2) is 6.40. The molecule has 0 radical (unpaired) electrons. The van der Waals surface area contributed by atoms with Crippen LogP contribution in [-0.4, -0.2) is 28.8 Å². The molecule has 2 aromatic rings. The molecule has 3 N–H and O–H groups in total. The SMILES string of the molecule is COC(=O)c1nn(CC(=O)Nc2ccc(Br)cc2)cc1N. The van der Waals surface area contributed by atoms with Crippen molar-refractivity contribution < 1.29 is 14.3 Å². The lowest BCUT2D eigenvalue weighted by Crippen LogP contribution is -2.19. The van der Waals surface area contributed by atoms with Gasteiger partial charge in [-0.25, -0.2) is 4.79 Å². The molecule has 0 unspecified atom stereocenters. The molecule has 0 bridgehead atoms. The van der Waals surface area contributed by atoms with Gasteiger partial charge in [0.15, 0.2) is 5.69 Å². The average Bonchev–Trinajstić information content (AvgIpc) is 2.81. The number of carbonyl (C=O) groups is 2. The molecule has 2 rings (SSSR count). The molecule has 21 heavy (non-hydrogen) atoms. The standard InChI is InChI=1S/C13H13BrN4O3/c1-21-13(20)12-10(15)6-18(17-12)7-11(19)16-9-4-2-8(14)3-5-9/h2-6H,7,15H2,1H3,(H,16,19). The molecule has 0 aliphatic rings. The Morgan fingerprint density at radius 2 is 2.05 bits per heavy atom. The molecular formula is C13H13BrN4O3. The number of benzene rings is 1. The number of aromatic nitrogens is 2. The van der Waals surface area contributed by atoms with Crippen LogP contribution in [0.2, 0.25) is 0 Å². The molecule has 0 atom stereocenters. The van der Waals surface area contributed by atoms with Gasteiger partial charge >= 0.3 is 5.97 Å². The Hall–Kier alpha value is -2.35. The van der Waals surface area contributed by atoms with E-state index in [1.54, 1.807) is 12.1 Å². The smallest absolute Gasteiger partial charge is 0.360 e. The highest BCUT2D eigenvalue weighted by molar-refractivity contribution is 9.10. The number of esters is 1. The number of carbonyl (C=O) groups excluding carboxylic acids is 2. The molecule has 1 aromatic heterocycles. The minimum absolute atomic E-state index is 0.00561. The van der Waals surface area contributed by atoms with Crippen LogP contribution in [0.3, 0.4) is 0 Å². The number of anilines is 2. The molecule has 0 spiro atoms. The number of methoxy groups -OCH3 is 1. The van der Waals surface area contributed by atoms with Crippen LogP contribution in [0.15, 0.2) is 34.9 Å². The molecule has 110 valence electrons. The van der Waals surface area contributed by atoms with Crippen molar-refractivity contribution in [1.29, 1.82) is 0 Å². The monoisotopic (exact) mass is 352 g/mol. The summed E-state index contributed by atoms with van der Waals surface area (Å²) in [5, 5.41) is 6.64. The van der Waals surface area contributed by atoms with E-state index < -0.39 is 5.97 Å². The number of hydrogen-bond donors (Lipinski definition) is 2. The van der Waals surface area contributed by atoms with Gasteiger partial charge in [0, 0.05) is 16.4 Å². The second-order valence-corrected chi connectivity index (χ2v) is 5.09. The third-order valence-electron chi connectivity index (χ3n) is 2.60. The van der Waals surface area contributed by atoms with Gasteiger partial charge in [-0.1, -0.05) is 15.9 Å². The van der Waals surface area contributed by atoms with Crippen molar-refractivity contribution in [1.82, 2.24) is 9.78 Å². The van der Waals surface area contributed by atoms with E-state index in [4.69, 9.17) is 5.73 Å². The topological polar surface area (TPSA) is 99.2 Å². The number of nitrogens with zero attached hydrogens (tertiary/aromatic N) is 2. The van der Waals surface area contributed by atoms with Crippen molar-refractivity contribution in [3.8, 4) is 0 Å². The number of amides is 1. The first kappa shape index (κ1) is 15.0. The van der Waals surface area contributed by atoms with Crippen LogP contribution in [0.1, 0.15) is 10.5 Å². The van der Waals surface area contributed by atoms with E-state index in [0.717, 1.165) is 4.47 Å². The lowest BCUT2D eigenvalue weighted by molar-refractivity contribution is -0.116. The van der Waals surface area contributed by atoms with Crippen LogP contribution in [0, 0.1) is 0 Å². The fraction of sp³-hybridized carbons (Fsp3) is 0.154. The van der Waals surface area contributed by atoms with Gasteiger partial charge in [0.2, 0.25) is 5.91 Å². The number of rotatable bonds is 4. The van der Waals surface area contributed by atoms with E-state index in [1.165, 1.54) is 18.0 Å². The van der Waals surface area contributed by atoms with E-state index in [-0.39, 0.29) is 23.8 Å². The predicted molar refractivity (Wildman–Crippen MR) is 80.8 cm³/mol. The van der Waals surface area contributed by atoms with E-state index in [0.29, 0.717) is 5.69 Å². The maximum atomic E-state index is 11.9. The van der Waals surface area contributed by atoms with Crippen molar-refractivity contribution in [2.45, 2.75) is 6.54 Å². The van der Waals surface area contributed by atoms with Crippen LogP contribution in [-0.2, 0) is 16.1 Å². The summed E-state index contributed by atoms with van der Waals surface area (Å²) < 4.78 is 6.75. The average molecular weight is 353 g/mol. The van der Waals surface area contributed by atoms with E-state index in [1.807, 2.05) is 12.1 Å². The minimum atomic E-state index is -0.639. The first-order chi connectivity index (χ1) is 9.99. The van der Waals surface area contributed by atoms with Gasteiger partial charge < -0.3 is 15.8 Å². The molecule has 7 nitrogen and oxygen atoms in total. The van der Waals surface area contributed by atoms with Crippen molar-refractivity contribution in [2.75, 3.05) is 18.2 Å². The van der Waals surface area contributed by atoms with Gasteiger partial charge in [0.05, 0.1) is 12.8 Å². The Bertz CT molecular complexity index is 667. The van der Waals surface area contributed by atoms with Crippen molar-refractivity contribution in [2.24, 2.45) is 0 Å². The van der Waals surface area contributed by atoms with Crippen molar-refractivity contribution >= 4 is 39.2 Å². The Labute approximate surface area is 129 Å². The largest absolute Gasteiger partial charge is 0.464 e. The summed E-state index contributed by atoms with van der Waals surface area (Å²) >= 11 is 3.31. The first-order valence-corrected chi connectivity index (χ1v) is 6.75. The van der Waals surface area contributed by atoms with E-state index in [2.05, 4.69) is 31.1 Å². The van der Waals surface area contributed by atoms with Crippen molar-refractivity contribution in [3.05, 3.63) is 40.6 Å². The van der Waals surface area contributed by atoms with E-state index in [9.17, 15) is 9.59 Å². The van der Waals surface area contributed by atoms with Gasteiger partial charge in [-0.3, -0.25) is 9.48 Å². The summed E-state index contributed by atoms with van der Waals surface area (Å²) in [5.41, 5.74) is 6.46.